The van der Waals surface area contributed by atoms with Gasteiger partial charge in [-0.05, 0) is 47.0 Å². The molecule has 1 N–H and O–H groups in total. The lowest BCUT2D eigenvalue weighted by molar-refractivity contribution is -0.125. The lowest BCUT2D eigenvalue weighted by Crippen LogP contribution is -2.38. The molecule has 0 aliphatic carbocycles. The summed E-state index contributed by atoms with van der Waals surface area (Å²) in [5.74, 6) is -1.21. The Morgan fingerprint density at radius 3 is 2.55 bits per heavy atom. The first-order valence-corrected chi connectivity index (χ1v) is 7.02. The minimum absolute atomic E-state index is 0.00115. The molecule has 110 valence electrons. The number of carbonyl (C=O) groups is 2. The Morgan fingerprint density at radius 2 is 2.00 bits per heavy atom. The second-order valence-corrected chi connectivity index (χ2v) is 5.65. The van der Waals surface area contributed by atoms with Crippen molar-refractivity contribution in [1.29, 1.82) is 0 Å². The highest BCUT2D eigenvalue weighted by Crippen LogP contribution is 2.18. The topological polar surface area (TPSA) is 55.4 Å². The van der Waals surface area contributed by atoms with Crippen LogP contribution in [-0.2, 0) is 9.53 Å². The number of hydrogen-bond acceptors (Lipinski definition) is 3. The van der Waals surface area contributed by atoms with Crippen LogP contribution in [0.4, 0.5) is 4.39 Å². The molecule has 0 bridgehead atoms. The van der Waals surface area contributed by atoms with Crippen LogP contribution in [0.25, 0.3) is 0 Å². The van der Waals surface area contributed by atoms with Crippen LogP contribution in [0.5, 0.6) is 0 Å². The second kappa shape index (κ2) is 7.38. The van der Waals surface area contributed by atoms with Gasteiger partial charge in [0.25, 0.3) is 5.91 Å². The molecule has 1 atom stereocenters. The molecule has 0 fully saturated rings. The van der Waals surface area contributed by atoms with Crippen LogP contribution in [0.15, 0.2) is 22.7 Å². The summed E-state index contributed by atoms with van der Waals surface area (Å²) in [5, 5.41) is 2.72. The SMILES string of the molecule is CC(C)C(C)NC(=O)COC(=O)c1ccc(F)cc1Br. The molecule has 4 nitrogen and oxygen atoms in total. The van der Waals surface area contributed by atoms with Gasteiger partial charge in [-0.1, -0.05) is 13.8 Å². The molecule has 1 aromatic rings. The largest absolute Gasteiger partial charge is 0.452 e. The van der Waals surface area contributed by atoms with Gasteiger partial charge in [-0.3, -0.25) is 4.79 Å². The average Bonchev–Trinajstić information content (AvgIpc) is 2.35. The highest BCUT2D eigenvalue weighted by molar-refractivity contribution is 9.10. The van der Waals surface area contributed by atoms with E-state index in [1.165, 1.54) is 6.07 Å². The predicted octanol–water partition coefficient (Wildman–Crippen LogP) is 2.91. The highest BCUT2D eigenvalue weighted by Gasteiger charge is 2.15. The number of benzene rings is 1. The minimum atomic E-state index is -0.677. The maximum atomic E-state index is 12.9. The molecule has 1 unspecified atom stereocenters. The van der Waals surface area contributed by atoms with E-state index >= 15 is 0 Å². The van der Waals surface area contributed by atoms with Crippen LogP contribution in [0, 0.1) is 11.7 Å². The van der Waals surface area contributed by atoms with E-state index in [1.807, 2.05) is 20.8 Å². The molecule has 1 rings (SSSR count). The van der Waals surface area contributed by atoms with E-state index < -0.39 is 11.8 Å². The normalized spacial score (nSPS) is 12.1. The fourth-order valence-electron chi connectivity index (χ4n) is 1.33. The van der Waals surface area contributed by atoms with E-state index in [1.54, 1.807) is 0 Å². The summed E-state index contributed by atoms with van der Waals surface area (Å²) in [7, 11) is 0. The summed E-state index contributed by atoms with van der Waals surface area (Å²) in [6.07, 6.45) is 0. The van der Waals surface area contributed by atoms with Crippen molar-refractivity contribution in [2.24, 2.45) is 5.92 Å². The van der Waals surface area contributed by atoms with Crippen molar-refractivity contribution < 1.29 is 18.7 Å². The molecule has 0 radical (unpaired) electrons. The van der Waals surface area contributed by atoms with Gasteiger partial charge in [0.1, 0.15) is 5.82 Å². The van der Waals surface area contributed by atoms with Gasteiger partial charge in [0, 0.05) is 10.5 Å². The minimum Gasteiger partial charge on any atom is -0.452 e. The van der Waals surface area contributed by atoms with Crippen LogP contribution in [0.3, 0.4) is 0 Å². The molecular formula is C14H17BrFNO3. The first kappa shape index (κ1) is 16.6. The summed E-state index contributed by atoms with van der Waals surface area (Å²) >= 11 is 3.07. The van der Waals surface area contributed by atoms with Crippen LogP contribution in [0.1, 0.15) is 31.1 Å². The summed E-state index contributed by atoms with van der Waals surface area (Å²) in [5.41, 5.74) is 0.177. The van der Waals surface area contributed by atoms with Crippen molar-refractivity contribution in [1.82, 2.24) is 5.32 Å². The number of ether oxygens (including phenoxy) is 1. The van der Waals surface area contributed by atoms with Crippen LogP contribution in [-0.4, -0.2) is 24.5 Å². The van der Waals surface area contributed by atoms with Crippen molar-refractivity contribution in [3.63, 3.8) is 0 Å². The number of rotatable bonds is 5. The molecule has 1 amide bonds. The smallest absolute Gasteiger partial charge is 0.339 e. The van der Waals surface area contributed by atoms with Crippen molar-refractivity contribution in [2.45, 2.75) is 26.8 Å². The fourth-order valence-corrected chi connectivity index (χ4v) is 1.84. The van der Waals surface area contributed by atoms with E-state index in [4.69, 9.17) is 4.74 Å². The lowest BCUT2D eigenvalue weighted by atomic mass is 10.1. The van der Waals surface area contributed by atoms with Crippen molar-refractivity contribution in [2.75, 3.05) is 6.61 Å². The standard InChI is InChI=1S/C14H17BrFNO3/c1-8(2)9(3)17-13(18)7-20-14(19)11-5-4-10(16)6-12(11)15/h4-6,8-9H,7H2,1-3H3,(H,17,18). The van der Waals surface area contributed by atoms with Gasteiger partial charge >= 0.3 is 5.97 Å². The summed E-state index contributed by atoms with van der Waals surface area (Å²) in [6.45, 7) is 5.47. The molecule has 0 aliphatic heterocycles. The molecule has 0 heterocycles. The number of hydrogen-bond donors (Lipinski definition) is 1. The van der Waals surface area contributed by atoms with Gasteiger partial charge in [0.2, 0.25) is 0 Å². The van der Waals surface area contributed by atoms with Crippen LogP contribution in [0.2, 0.25) is 0 Å². The number of esters is 1. The Labute approximate surface area is 125 Å². The third-order valence-electron chi connectivity index (χ3n) is 2.87. The van der Waals surface area contributed by atoms with E-state index in [0.717, 1.165) is 12.1 Å². The first-order chi connectivity index (χ1) is 9.31. The highest BCUT2D eigenvalue weighted by atomic mass is 79.9. The number of nitrogens with one attached hydrogen (secondary N) is 1. The molecule has 0 saturated carbocycles. The fraction of sp³-hybridized carbons (Fsp3) is 0.429. The third kappa shape index (κ3) is 4.92. The van der Waals surface area contributed by atoms with Crippen molar-refractivity contribution in [3.05, 3.63) is 34.1 Å². The van der Waals surface area contributed by atoms with Gasteiger partial charge in [-0.15, -0.1) is 0 Å². The van der Waals surface area contributed by atoms with Gasteiger partial charge in [-0.2, -0.15) is 0 Å². The third-order valence-corrected chi connectivity index (χ3v) is 3.53. The molecule has 20 heavy (non-hydrogen) atoms. The summed E-state index contributed by atoms with van der Waals surface area (Å²) in [6, 6.07) is 3.62. The van der Waals surface area contributed by atoms with Gasteiger partial charge in [0.05, 0.1) is 5.56 Å². The van der Waals surface area contributed by atoms with Crippen molar-refractivity contribution >= 4 is 27.8 Å². The quantitative estimate of drug-likeness (QED) is 0.834. The van der Waals surface area contributed by atoms with Crippen LogP contribution < -0.4 is 5.32 Å². The molecule has 0 aliphatic rings. The van der Waals surface area contributed by atoms with Crippen LogP contribution >= 0.6 is 15.9 Å². The van der Waals surface area contributed by atoms with E-state index in [0.29, 0.717) is 10.4 Å². The Morgan fingerprint density at radius 1 is 1.35 bits per heavy atom. The Bertz CT molecular complexity index is 505. The maximum Gasteiger partial charge on any atom is 0.339 e. The van der Waals surface area contributed by atoms with Crippen molar-refractivity contribution in [3.8, 4) is 0 Å². The number of amides is 1. The summed E-state index contributed by atoms with van der Waals surface area (Å²) < 4.78 is 18.1. The van der Waals surface area contributed by atoms with Gasteiger partial charge in [0.15, 0.2) is 6.61 Å². The zero-order valence-electron chi connectivity index (χ0n) is 11.6. The Kier molecular flexibility index (Phi) is 6.13. The van der Waals surface area contributed by atoms with Gasteiger partial charge < -0.3 is 10.1 Å². The molecule has 1 aromatic carbocycles. The molecular weight excluding hydrogens is 329 g/mol. The predicted molar refractivity (Wildman–Crippen MR) is 76.8 cm³/mol. The van der Waals surface area contributed by atoms with E-state index in [2.05, 4.69) is 21.2 Å². The monoisotopic (exact) mass is 345 g/mol. The molecule has 0 spiro atoms. The first-order valence-electron chi connectivity index (χ1n) is 6.22. The van der Waals surface area contributed by atoms with Gasteiger partial charge in [-0.25, -0.2) is 9.18 Å². The number of halogens is 2. The van der Waals surface area contributed by atoms with E-state index in [9.17, 15) is 14.0 Å². The molecule has 0 saturated heterocycles. The lowest BCUT2D eigenvalue weighted by Gasteiger charge is -2.17. The maximum absolute atomic E-state index is 12.9. The molecule has 6 heteroatoms. The second-order valence-electron chi connectivity index (χ2n) is 4.80. The Hall–Kier alpha value is -1.43. The molecule has 0 aromatic heterocycles. The zero-order valence-corrected chi connectivity index (χ0v) is 13.2. The Balaban J connectivity index is 2.53. The summed E-state index contributed by atoms with van der Waals surface area (Å²) in [4.78, 5) is 23.3. The van der Waals surface area contributed by atoms with E-state index in [-0.39, 0.29) is 24.1 Å². The zero-order chi connectivity index (χ0) is 15.3. The average molecular weight is 346 g/mol. The number of carbonyl (C=O) groups excluding carboxylic acids is 2.